The Kier molecular flexibility index (Phi) is 8.79. The van der Waals surface area contributed by atoms with Gasteiger partial charge in [0, 0.05) is 33.4 Å². The van der Waals surface area contributed by atoms with Gasteiger partial charge in [-0.1, -0.05) is 0 Å². The fourth-order valence-electron chi connectivity index (χ4n) is 5.07. The maximum absolute atomic E-state index is 13.9. The summed E-state index contributed by atoms with van der Waals surface area (Å²) in [5, 5.41) is 0.430. The Morgan fingerprint density at radius 3 is 1.33 bits per heavy atom. The lowest BCUT2D eigenvalue weighted by Gasteiger charge is -2.13. The van der Waals surface area contributed by atoms with Crippen LogP contribution in [0.1, 0.15) is 0 Å². The molecule has 0 bridgehead atoms. The van der Waals surface area contributed by atoms with Crippen molar-refractivity contribution in [1.82, 2.24) is 4.98 Å². The SMILES string of the molecule is COc1ccc(NS(=O)(=O)c2ccc3[nH]c4c(S(=O)(=O)Nc5ccc(OC)cc5)cc(S(=O)(=O)Nc5ccc(OC)cc5)cc4c3c2)cc1. The minimum atomic E-state index is -4.43. The number of ether oxygens (including phenoxy) is 3. The lowest BCUT2D eigenvalue weighted by molar-refractivity contribution is 0.415. The highest BCUT2D eigenvalue weighted by Crippen LogP contribution is 2.36. The summed E-state index contributed by atoms with van der Waals surface area (Å²) < 4.78 is 105. The molecule has 0 unspecified atom stereocenters. The first-order chi connectivity index (χ1) is 23.3. The van der Waals surface area contributed by atoms with Crippen molar-refractivity contribution >= 4 is 68.9 Å². The van der Waals surface area contributed by atoms with Crippen LogP contribution in [0.25, 0.3) is 21.8 Å². The van der Waals surface area contributed by atoms with Crippen LogP contribution in [-0.4, -0.2) is 51.6 Å². The number of methoxy groups -OCH3 is 3. The summed E-state index contributed by atoms with van der Waals surface area (Å²) in [4.78, 5) is 2.14. The van der Waals surface area contributed by atoms with Gasteiger partial charge in [-0.3, -0.25) is 14.2 Å². The molecule has 1 heterocycles. The second-order valence-electron chi connectivity index (χ2n) is 10.7. The average molecular weight is 723 g/mol. The number of benzene rings is 5. The van der Waals surface area contributed by atoms with Crippen LogP contribution < -0.4 is 28.4 Å². The molecule has 0 radical (unpaired) electrons. The Balaban J connectivity index is 1.49. The predicted molar refractivity (Wildman–Crippen MR) is 187 cm³/mol. The Morgan fingerprint density at radius 1 is 0.469 bits per heavy atom. The van der Waals surface area contributed by atoms with Gasteiger partial charge < -0.3 is 19.2 Å². The number of aromatic nitrogens is 1. The van der Waals surface area contributed by atoms with Crippen molar-refractivity contribution in [2.24, 2.45) is 0 Å². The van der Waals surface area contributed by atoms with Crippen molar-refractivity contribution in [3.63, 3.8) is 0 Å². The molecule has 0 amide bonds. The molecule has 0 atom stereocenters. The molecule has 4 N–H and O–H groups in total. The molecule has 5 aromatic carbocycles. The molecule has 0 aliphatic rings. The molecule has 6 aromatic rings. The summed E-state index contributed by atoms with van der Waals surface area (Å²) in [6, 6.07) is 25.1. The number of aromatic amines is 1. The smallest absolute Gasteiger partial charge is 0.264 e. The molecule has 1 aromatic heterocycles. The first kappa shape index (κ1) is 33.5. The number of nitrogens with one attached hydrogen (secondary N) is 4. The molecule has 16 heteroatoms. The lowest BCUT2D eigenvalue weighted by atomic mass is 10.1. The highest BCUT2D eigenvalue weighted by Gasteiger charge is 2.27. The third-order valence-corrected chi connectivity index (χ3v) is 11.7. The number of hydrogen-bond acceptors (Lipinski definition) is 9. The molecule has 13 nitrogen and oxygen atoms in total. The zero-order valence-electron chi connectivity index (χ0n) is 26.2. The van der Waals surface area contributed by atoms with Gasteiger partial charge in [-0.05, 0) is 103 Å². The summed E-state index contributed by atoms with van der Waals surface area (Å²) in [6.45, 7) is 0. The van der Waals surface area contributed by atoms with Gasteiger partial charge in [0.2, 0.25) is 0 Å². The molecule has 6 rings (SSSR count). The molecule has 254 valence electrons. The van der Waals surface area contributed by atoms with Gasteiger partial charge in [0.05, 0.1) is 36.6 Å². The molecule has 0 saturated carbocycles. The van der Waals surface area contributed by atoms with Gasteiger partial charge >= 0.3 is 0 Å². The summed E-state index contributed by atoms with van der Waals surface area (Å²) in [7, 11) is -8.49. The predicted octanol–water partition coefficient (Wildman–Crippen LogP) is 5.75. The zero-order chi connectivity index (χ0) is 35.0. The van der Waals surface area contributed by atoms with E-state index in [4.69, 9.17) is 14.2 Å². The number of hydrogen-bond donors (Lipinski definition) is 4. The molecule has 0 saturated heterocycles. The Bertz CT molecular complexity index is 2500. The van der Waals surface area contributed by atoms with Crippen molar-refractivity contribution in [2.75, 3.05) is 35.5 Å². The first-order valence-electron chi connectivity index (χ1n) is 14.4. The minimum Gasteiger partial charge on any atom is -0.497 e. The third-order valence-electron chi connectivity index (χ3n) is 7.55. The number of sulfonamides is 3. The van der Waals surface area contributed by atoms with Crippen LogP contribution in [0.3, 0.4) is 0 Å². The Labute approximate surface area is 283 Å². The highest BCUT2D eigenvalue weighted by atomic mass is 32.2. The standard InChI is InChI=1S/C33H30N4O9S3/c1-44-24-10-4-21(5-11-24)35-47(38,39)27-16-17-31-29(18-27)30-19-28(48(40,41)36-22-6-12-25(45-2)13-7-22)20-32(33(30)34-31)49(42,43)37-23-8-14-26(46-3)15-9-23/h4-20,34-37H,1-3H3. The van der Waals surface area contributed by atoms with Gasteiger partial charge in [-0.2, -0.15) is 0 Å². The number of anilines is 3. The van der Waals surface area contributed by atoms with Crippen molar-refractivity contribution < 1.29 is 39.5 Å². The molecule has 0 aliphatic heterocycles. The fourth-order valence-corrected chi connectivity index (χ4v) is 8.61. The summed E-state index contributed by atoms with van der Waals surface area (Å²) in [6.07, 6.45) is 0. The van der Waals surface area contributed by atoms with Crippen LogP contribution >= 0.6 is 0 Å². The van der Waals surface area contributed by atoms with Crippen molar-refractivity contribution in [1.29, 1.82) is 0 Å². The Morgan fingerprint density at radius 2 is 0.878 bits per heavy atom. The van der Waals surface area contributed by atoms with E-state index >= 15 is 0 Å². The van der Waals surface area contributed by atoms with E-state index in [9.17, 15) is 25.3 Å². The van der Waals surface area contributed by atoms with Gasteiger partial charge in [0.25, 0.3) is 30.1 Å². The summed E-state index contributed by atoms with van der Waals surface area (Å²) >= 11 is 0. The van der Waals surface area contributed by atoms with Crippen molar-refractivity contribution in [3.8, 4) is 17.2 Å². The normalized spacial score (nSPS) is 12.1. The number of fused-ring (bicyclic) bond motifs is 3. The van der Waals surface area contributed by atoms with E-state index < -0.39 is 30.1 Å². The number of rotatable bonds is 12. The zero-order valence-corrected chi connectivity index (χ0v) is 28.7. The van der Waals surface area contributed by atoms with Gasteiger partial charge in [-0.15, -0.1) is 0 Å². The first-order valence-corrected chi connectivity index (χ1v) is 18.9. The van der Waals surface area contributed by atoms with Crippen LogP contribution in [0, 0.1) is 0 Å². The van der Waals surface area contributed by atoms with E-state index in [1.807, 2.05) is 0 Å². The van der Waals surface area contributed by atoms with Crippen molar-refractivity contribution in [3.05, 3.63) is 103 Å². The lowest BCUT2D eigenvalue weighted by Crippen LogP contribution is -2.17. The van der Waals surface area contributed by atoms with Crippen LogP contribution in [-0.2, 0) is 30.1 Å². The van der Waals surface area contributed by atoms with E-state index in [1.54, 1.807) is 48.5 Å². The fraction of sp³-hybridized carbons (Fsp3) is 0.0909. The van der Waals surface area contributed by atoms with E-state index in [-0.39, 0.29) is 48.0 Å². The molecule has 0 fully saturated rings. The van der Waals surface area contributed by atoms with E-state index in [1.165, 1.54) is 69.9 Å². The minimum absolute atomic E-state index is 0.0667. The second-order valence-corrected chi connectivity index (χ2v) is 15.7. The molecule has 49 heavy (non-hydrogen) atoms. The summed E-state index contributed by atoms with van der Waals surface area (Å²) in [5.74, 6) is 1.56. The van der Waals surface area contributed by atoms with Crippen LogP contribution in [0.15, 0.2) is 118 Å². The van der Waals surface area contributed by atoms with Gasteiger partial charge in [0.15, 0.2) is 0 Å². The Hall–Kier alpha value is -5.45. The molecular weight excluding hydrogens is 693 g/mol. The molecule has 0 aliphatic carbocycles. The van der Waals surface area contributed by atoms with Crippen LogP contribution in [0.5, 0.6) is 17.2 Å². The second kappa shape index (κ2) is 12.9. The van der Waals surface area contributed by atoms with Gasteiger partial charge in [0.1, 0.15) is 22.1 Å². The summed E-state index contributed by atoms with van der Waals surface area (Å²) in [5.41, 5.74) is 1.14. The topological polar surface area (TPSA) is 182 Å². The van der Waals surface area contributed by atoms with Crippen LogP contribution in [0.2, 0.25) is 0 Å². The van der Waals surface area contributed by atoms with E-state index in [2.05, 4.69) is 19.2 Å². The number of H-pyrrole nitrogens is 1. The van der Waals surface area contributed by atoms with E-state index in [0.29, 0.717) is 22.8 Å². The van der Waals surface area contributed by atoms with E-state index in [0.717, 1.165) is 6.07 Å². The van der Waals surface area contributed by atoms with Crippen molar-refractivity contribution in [2.45, 2.75) is 14.7 Å². The quantitative estimate of drug-likeness (QED) is 0.122. The largest absolute Gasteiger partial charge is 0.497 e. The maximum atomic E-state index is 13.9. The van der Waals surface area contributed by atoms with Crippen LogP contribution in [0.4, 0.5) is 17.1 Å². The average Bonchev–Trinajstić information content (AvgIpc) is 3.46. The highest BCUT2D eigenvalue weighted by molar-refractivity contribution is 7.93. The van der Waals surface area contributed by atoms with Gasteiger partial charge in [-0.25, -0.2) is 25.3 Å². The third kappa shape index (κ3) is 6.92. The molecular formula is C33H30N4O9S3. The maximum Gasteiger partial charge on any atom is 0.264 e. The molecule has 0 spiro atoms. The monoisotopic (exact) mass is 722 g/mol.